The number of nitrogens with one attached hydrogen (secondary N) is 1. The highest BCUT2D eigenvalue weighted by Gasteiger charge is 2.11. The maximum absolute atomic E-state index is 4.84. The van der Waals surface area contributed by atoms with Gasteiger partial charge in [0, 0.05) is 17.1 Å². The van der Waals surface area contributed by atoms with Crippen molar-refractivity contribution < 1.29 is 0 Å². The Hall–Kier alpha value is -3.39. The zero-order valence-corrected chi connectivity index (χ0v) is 17.0. The minimum atomic E-state index is 1.01. The highest BCUT2D eigenvalue weighted by atomic mass is 14.9. The second-order valence-corrected chi connectivity index (χ2v) is 7.39. The van der Waals surface area contributed by atoms with Gasteiger partial charge in [-0.1, -0.05) is 66.7 Å². The average Bonchev–Trinajstić information content (AvgIpc) is 2.76. The van der Waals surface area contributed by atoms with Gasteiger partial charge in [0.15, 0.2) is 0 Å². The normalized spacial score (nSPS) is 14.2. The Balaban J connectivity index is 1.63. The lowest BCUT2D eigenvalue weighted by molar-refractivity contribution is 1.04. The summed E-state index contributed by atoms with van der Waals surface area (Å²) >= 11 is 0. The van der Waals surface area contributed by atoms with Crippen LogP contribution in [0.25, 0.3) is 5.57 Å². The first-order valence-electron chi connectivity index (χ1n) is 10.1. The number of allylic oxidation sites excluding steroid dienone is 3. The molecule has 0 radical (unpaired) electrons. The number of hydrogen-bond acceptors (Lipinski definition) is 2. The topological polar surface area (TPSA) is 24.4 Å². The van der Waals surface area contributed by atoms with Crippen molar-refractivity contribution in [3.05, 3.63) is 113 Å². The second-order valence-electron chi connectivity index (χ2n) is 7.39. The Bertz CT molecular complexity index is 1090. The SMILES string of the molecule is CC(=Nc1ccccc1C)c1cccc(NC2=C(c3ccccc3)CCC=C2)c1. The van der Waals surface area contributed by atoms with Crippen molar-refractivity contribution in [1.82, 2.24) is 0 Å². The number of nitrogens with zero attached hydrogens (tertiary/aromatic N) is 1. The Morgan fingerprint density at radius 2 is 1.69 bits per heavy atom. The predicted octanol–water partition coefficient (Wildman–Crippen LogP) is 7.31. The third kappa shape index (κ3) is 4.55. The van der Waals surface area contributed by atoms with Crippen molar-refractivity contribution in [2.45, 2.75) is 26.7 Å². The highest BCUT2D eigenvalue weighted by molar-refractivity contribution is 6.01. The van der Waals surface area contributed by atoms with Gasteiger partial charge in [-0.15, -0.1) is 0 Å². The first kappa shape index (κ1) is 18.9. The molecule has 2 nitrogen and oxygen atoms in total. The van der Waals surface area contributed by atoms with Crippen LogP contribution in [0.2, 0.25) is 0 Å². The molecule has 0 spiro atoms. The molecule has 144 valence electrons. The first-order chi connectivity index (χ1) is 14.2. The van der Waals surface area contributed by atoms with Crippen molar-refractivity contribution in [2.24, 2.45) is 4.99 Å². The molecule has 1 N–H and O–H groups in total. The van der Waals surface area contributed by atoms with Gasteiger partial charge in [-0.2, -0.15) is 0 Å². The minimum Gasteiger partial charge on any atom is -0.355 e. The van der Waals surface area contributed by atoms with E-state index in [2.05, 4.69) is 98.0 Å². The maximum Gasteiger partial charge on any atom is 0.0662 e. The summed E-state index contributed by atoms with van der Waals surface area (Å²) in [5, 5.41) is 3.64. The van der Waals surface area contributed by atoms with Crippen LogP contribution in [0.1, 0.15) is 36.5 Å². The van der Waals surface area contributed by atoms with E-state index < -0.39 is 0 Å². The van der Waals surface area contributed by atoms with Gasteiger partial charge in [0.05, 0.1) is 5.69 Å². The molecule has 0 aromatic heterocycles. The van der Waals surface area contributed by atoms with Crippen LogP contribution < -0.4 is 5.32 Å². The summed E-state index contributed by atoms with van der Waals surface area (Å²) in [7, 11) is 0. The van der Waals surface area contributed by atoms with Gasteiger partial charge in [0.1, 0.15) is 0 Å². The first-order valence-corrected chi connectivity index (χ1v) is 10.1. The van der Waals surface area contributed by atoms with Gasteiger partial charge in [0.25, 0.3) is 0 Å². The van der Waals surface area contributed by atoms with Crippen LogP contribution in [0.15, 0.2) is 102 Å². The fraction of sp³-hybridized carbons (Fsp3) is 0.148. The zero-order valence-electron chi connectivity index (χ0n) is 17.0. The van der Waals surface area contributed by atoms with Crippen LogP contribution in [0.5, 0.6) is 0 Å². The van der Waals surface area contributed by atoms with Gasteiger partial charge >= 0.3 is 0 Å². The van der Waals surface area contributed by atoms with E-state index in [0.717, 1.165) is 35.5 Å². The molecular weight excluding hydrogens is 352 g/mol. The fourth-order valence-electron chi connectivity index (χ4n) is 3.63. The molecule has 0 atom stereocenters. The third-order valence-corrected chi connectivity index (χ3v) is 5.26. The maximum atomic E-state index is 4.84. The lowest BCUT2D eigenvalue weighted by Gasteiger charge is -2.18. The second kappa shape index (κ2) is 8.74. The molecule has 0 saturated heterocycles. The lowest BCUT2D eigenvalue weighted by atomic mass is 9.95. The van der Waals surface area contributed by atoms with E-state index in [-0.39, 0.29) is 0 Å². The molecule has 0 bridgehead atoms. The molecule has 3 aromatic rings. The molecule has 1 aliphatic rings. The molecule has 0 aliphatic heterocycles. The standard InChI is InChI=1S/C27H26N2/c1-20-11-6-8-17-26(20)28-21(2)23-14-10-15-24(19-23)29-27-18-9-7-16-25(27)22-12-4-3-5-13-22/h3-6,8-15,17-19,29H,7,16H2,1-2H3. The molecule has 0 amide bonds. The molecular formula is C27H26N2. The van der Waals surface area contributed by atoms with Crippen LogP contribution in [-0.2, 0) is 0 Å². The average molecular weight is 379 g/mol. The number of aliphatic imine (C=N–C) groups is 1. The summed E-state index contributed by atoms with van der Waals surface area (Å²) in [5.74, 6) is 0. The number of hydrogen-bond donors (Lipinski definition) is 1. The van der Waals surface area contributed by atoms with Crippen molar-refractivity contribution in [3.63, 3.8) is 0 Å². The number of rotatable bonds is 5. The summed E-state index contributed by atoms with van der Waals surface area (Å²) in [5.41, 5.74) is 9.25. The molecule has 3 aromatic carbocycles. The number of aryl methyl sites for hydroxylation is 1. The molecule has 29 heavy (non-hydrogen) atoms. The van der Waals surface area contributed by atoms with Crippen LogP contribution in [0, 0.1) is 6.92 Å². The molecule has 4 rings (SSSR count). The number of para-hydroxylation sites is 1. The predicted molar refractivity (Wildman–Crippen MR) is 125 cm³/mol. The van der Waals surface area contributed by atoms with E-state index in [0.29, 0.717) is 0 Å². The van der Waals surface area contributed by atoms with E-state index in [1.807, 2.05) is 12.1 Å². The van der Waals surface area contributed by atoms with Crippen molar-refractivity contribution in [1.29, 1.82) is 0 Å². The van der Waals surface area contributed by atoms with Gasteiger partial charge in [-0.3, -0.25) is 4.99 Å². The highest BCUT2D eigenvalue weighted by Crippen LogP contribution is 2.29. The van der Waals surface area contributed by atoms with Crippen molar-refractivity contribution in [3.8, 4) is 0 Å². The van der Waals surface area contributed by atoms with Gasteiger partial charge < -0.3 is 5.32 Å². The Morgan fingerprint density at radius 3 is 2.52 bits per heavy atom. The van der Waals surface area contributed by atoms with Crippen molar-refractivity contribution in [2.75, 3.05) is 5.32 Å². The summed E-state index contributed by atoms with van der Waals surface area (Å²) in [4.78, 5) is 4.84. The van der Waals surface area contributed by atoms with Crippen molar-refractivity contribution >= 4 is 22.7 Å². The fourth-order valence-corrected chi connectivity index (χ4v) is 3.63. The van der Waals surface area contributed by atoms with Gasteiger partial charge in [0.2, 0.25) is 0 Å². The van der Waals surface area contributed by atoms with Crippen LogP contribution >= 0.6 is 0 Å². The number of anilines is 1. The number of benzene rings is 3. The van der Waals surface area contributed by atoms with E-state index in [4.69, 9.17) is 4.99 Å². The molecule has 0 fully saturated rings. The Kier molecular flexibility index (Phi) is 5.71. The van der Waals surface area contributed by atoms with Crippen LogP contribution in [-0.4, -0.2) is 5.71 Å². The summed E-state index contributed by atoms with van der Waals surface area (Å²) in [6.45, 7) is 4.16. The smallest absolute Gasteiger partial charge is 0.0662 e. The lowest BCUT2D eigenvalue weighted by Crippen LogP contribution is -2.05. The summed E-state index contributed by atoms with van der Waals surface area (Å²) in [6, 6.07) is 27.4. The van der Waals surface area contributed by atoms with E-state index in [9.17, 15) is 0 Å². The van der Waals surface area contributed by atoms with Gasteiger partial charge in [-0.05, 0) is 73.2 Å². The van der Waals surface area contributed by atoms with E-state index >= 15 is 0 Å². The largest absolute Gasteiger partial charge is 0.355 e. The molecule has 0 unspecified atom stereocenters. The third-order valence-electron chi connectivity index (χ3n) is 5.26. The minimum absolute atomic E-state index is 1.01. The van der Waals surface area contributed by atoms with Crippen LogP contribution in [0.3, 0.4) is 0 Å². The molecule has 1 aliphatic carbocycles. The van der Waals surface area contributed by atoms with E-state index in [1.54, 1.807) is 0 Å². The Labute approximate surface area is 173 Å². The summed E-state index contributed by atoms with van der Waals surface area (Å²) < 4.78 is 0. The summed E-state index contributed by atoms with van der Waals surface area (Å²) in [6.07, 6.45) is 6.57. The molecule has 2 heteroatoms. The van der Waals surface area contributed by atoms with Gasteiger partial charge in [-0.25, -0.2) is 0 Å². The monoisotopic (exact) mass is 378 g/mol. The molecule has 0 saturated carbocycles. The van der Waals surface area contributed by atoms with E-state index in [1.165, 1.54) is 22.4 Å². The molecule has 0 heterocycles. The zero-order chi connectivity index (χ0) is 20.1. The van der Waals surface area contributed by atoms with Crippen LogP contribution in [0.4, 0.5) is 11.4 Å². The quantitative estimate of drug-likeness (QED) is 0.462. The Morgan fingerprint density at radius 1 is 0.897 bits per heavy atom.